The van der Waals surface area contributed by atoms with Gasteiger partial charge in [-0.3, -0.25) is 4.79 Å². The van der Waals surface area contributed by atoms with Gasteiger partial charge in [-0.05, 0) is 44.5 Å². The summed E-state index contributed by atoms with van der Waals surface area (Å²) in [5.41, 5.74) is 1.94. The van der Waals surface area contributed by atoms with E-state index in [4.69, 9.17) is 11.6 Å². The minimum Gasteiger partial charge on any atom is -0.343 e. The summed E-state index contributed by atoms with van der Waals surface area (Å²) in [6.45, 7) is 5.68. The molecule has 3 N–H and O–H groups in total. The second-order valence-corrected chi connectivity index (χ2v) is 6.73. The van der Waals surface area contributed by atoms with E-state index in [1.165, 1.54) is 24.3 Å². The molecule has 0 saturated carbocycles. The molecule has 2 aromatic rings. The lowest BCUT2D eigenvalue weighted by Crippen LogP contribution is -2.16. The number of anilines is 2. The number of rotatable bonds is 6. The molecule has 1 aromatic carbocycles. The Morgan fingerprint density at radius 3 is 2.71 bits per heavy atom. The van der Waals surface area contributed by atoms with Crippen molar-refractivity contribution in [1.82, 2.24) is 9.29 Å². The van der Waals surface area contributed by atoms with Crippen LogP contribution in [0.1, 0.15) is 29.9 Å². The van der Waals surface area contributed by atoms with Crippen LogP contribution in [0.15, 0.2) is 24.4 Å². The minimum atomic E-state index is -0.358. The predicted octanol–water partition coefficient (Wildman–Crippen LogP) is 4.35. The van der Waals surface area contributed by atoms with Gasteiger partial charge in [0.25, 0.3) is 5.91 Å². The number of hydrogen-bond acceptors (Lipinski definition) is 4. The summed E-state index contributed by atoms with van der Waals surface area (Å²) in [6, 6.07) is 4.71. The molecule has 0 saturated heterocycles. The molecular weight excluding hydrogens is 351 g/mol. The number of aromatic nitrogens is 1. The summed E-state index contributed by atoms with van der Waals surface area (Å²) in [5, 5.41) is 3.06. The number of hydrogen-bond donors (Lipinski definition) is 3. The Kier molecular flexibility index (Phi) is 6.15. The first-order chi connectivity index (χ1) is 11.3. The largest absolute Gasteiger partial charge is 0.343 e. The van der Waals surface area contributed by atoms with Crippen LogP contribution in [-0.4, -0.2) is 16.5 Å². The van der Waals surface area contributed by atoms with Gasteiger partial charge < -0.3 is 14.6 Å². The Labute approximate surface area is 150 Å². The Hall–Kier alpha value is -1.70. The van der Waals surface area contributed by atoms with Gasteiger partial charge in [-0.2, -0.15) is 0 Å². The lowest BCUT2D eigenvalue weighted by Gasteiger charge is -2.09. The van der Waals surface area contributed by atoms with Crippen molar-refractivity contribution in [2.24, 2.45) is 7.05 Å². The second-order valence-electron chi connectivity index (χ2n) is 5.71. The van der Waals surface area contributed by atoms with E-state index in [9.17, 15) is 9.18 Å². The number of halogens is 2. The summed E-state index contributed by atoms with van der Waals surface area (Å²) < 4.78 is 21.2. The van der Waals surface area contributed by atoms with E-state index in [1.807, 2.05) is 13.8 Å². The van der Waals surface area contributed by atoms with E-state index < -0.39 is 0 Å². The van der Waals surface area contributed by atoms with Gasteiger partial charge in [0.15, 0.2) is 0 Å². The van der Waals surface area contributed by atoms with E-state index in [1.54, 1.807) is 30.8 Å². The van der Waals surface area contributed by atoms with Crippen LogP contribution in [0, 0.1) is 12.7 Å². The smallest absolute Gasteiger partial charge is 0.273 e. The molecule has 5 nitrogen and oxygen atoms in total. The van der Waals surface area contributed by atoms with Crippen LogP contribution in [0.4, 0.5) is 15.8 Å². The Morgan fingerprint density at radius 1 is 1.38 bits per heavy atom. The van der Waals surface area contributed by atoms with Crippen molar-refractivity contribution < 1.29 is 9.18 Å². The molecule has 0 aliphatic heterocycles. The molecule has 8 heteroatoms. The lowest BCUT2D eigenvalue weighted by molar-refractivity contribution is 0.101. The van der Waals surface area contributed by atoms with Gasteiger partial charge in [0.1, 0.15) is 11.5 Å². The molecule has 0 atom stereocenters. The normalized spacial score (nSPS) is 11.0. The van der Waals surface area contributed by atoms with Gasteiger partial charge in [-0.1, -0.05) is 11.6 Å². The molecule has 0 radical (unpaired) electrons. The van der Waals surface area contributed by atoms with Crippen molar-refractivity contribution in [3.8, 4) is 0 Å². The molecule has 0 aliphatic carbocycles. The van der Waals surface area contributed by atoms with Crippen molar-refractivity contribution in [3.63, 3.8) is 0 Å². The van der Waals surface area contributed by atoms with Crippen LogP contribution < -0.4 is 14.8 Å². The van der Waals surface area contributed by atoms with E-state index in [2.05, 4.69) is 14.8 Å². The molecule has 24 heavy (non-hydrogen) atoms. The zero-order chi connectivity index (χ0) is 17.9. The van der Waals surface area contributed by atoms with Crippen LogP contribution in [0.3, 0.4) is 0 Å². The summed E-state index contributed by atoms with van der Waals surface area (Å²) in [4.78, 5) is 12.5. The zero-order valence-corrected chi connectivity index (χ0v) is 15.5. The van der Waals surface area contributed by atoms with Crippen molar-refractivity contribution >= 4 is 41.0 Å². The topological polar surface area (TPSA) is 58.1 Å². The highest BCUT2D eigenvalue weighted by Gasteiger charge is 2.19. The Bertz CT molecular complexity index is 748. The number of nitrogens with zero attached hydrogens (tertiary/aromatic N) is 1. The standard InChI is InChI=1S/C16H20ClFN4OS/c1-9(2)20-24-21-13-8-22(4)15(14(13)17)16(23)19-11-5-6-12(18)10(3)7-11/h5-9,20-21H,1-4H3,(H,19,23). The number of carbonyl (C=O) groups is 1. The molecule has 0 fully saturated rings. The van der Waals surface area contributed by atoms with Crippen molar-refractivity contribution in [2.45, 2.75) is 26.8 Å². The predicted molar refractivity (Wildman–Crippen MR) is 99.0 cm³/mol. The first-order valence-corrected chi connectivity index (χ1v) is 8.58. The van der Waals surface area contributed by atoms with Crippen LogP contribution in [0.5, 0.6) is 0 Å². The number of amides is 1. The highest BCUT2D eigenvalue weighted by Crippen LogP contribution is 2.30. The first kappa shape index (κ1) is 18.6. The van der Waals surface area contributed by atoms with E-state index in [-0.39, 0.29) is 11.7 Å². The fourth-order valence-corrected chi connectivity index (χ4v) is 2.97. The highest BCUT2D eigenvalue weighted by atomic mass is 35.5. The van der Waals surface area contributed by atoms with E-state index in [0.717, 1.165) is 0 Å². The number of carbonyl (C=O) groups excluding carboxylic acids is 1. The SMILES string of the molecule is Cc1cc(NC(=O)c2c(Cl)c(NSNC(C)C)cn2C)ccc1F. The summed E-state index contributed by atoms with van der Waals surface area (Å²) in [6.07, 6.45) is 1.74. The van der Waals surface area contributed by atoms with Crippen LogP contribution in [-0.2, 0) is 7.05 Å². The summed E-state index contributed by atoms with van der Waals surface area (Å²) >= 11 is 7.62. The average molecular weight is 371 g/mol. The first-order valence-electron chi connectivity index (χ1n) is 7.39. The molecule has 130 valence electrons. The van der Waals surface area contributed by atoms with Crippen molar-refractivity contribution in [2.75, 3.05) is 10.0 Å². The van der Waals surface area contributed by atoms with Gasteiger partial charge in [-0.25, -0.2) is 9.11 Å². The zero-order valence-electron chi connectivity index (χ0n) is 13.9. The average Bonchev–Trinajstić information content (AvgIpc) is 2.77. The number of nitrogens with one attached hydrogen (secondary N) is 3. The summed E-state index contributed by atoms with van der Waals surface area (Å²) in [7, 11) is 1.74. The van der Waals surface area contributed by atoms with Gasteiger partial charge in [0, 0.05) is 37.1 Å². The fraction of sp³-hybridized carbons (Fsp3) is 0.312. The highest BCUT2D eigenvalue weighted by molar-refractivity contribution is 7.98. The second kappa shape index (κ2) is 7.92. The monoisotopic (exact) mass is 370 g/mol. The van der Waals surface area contributed by atoms with Gasteiger partial charge in [-0.15, -0.1) is 0 Å². The third-order valence-corrected chi connectivity index (χ3v) is 4.50. The van der Waals surface area contributed by atoms with Crippen LogP contribution in [0.2, 0.25) is 5.02 Å². The number of aryl methyl sites for hydroxylation is 2. The molecule has 2 rings (SSSR count). The molecule has 0 aliphatic rings. The van der Waals surface area contributed by atoms with Gasteiger partial charge in [0.2, 0.25) is 0 Å². The fourth-order valence-electron chi connectivity index (χ4n) is 2.04. The molecule has 1 amide bonds. The van der Waals surface area contributed by atoms with Gasteiger partial charge >= 0.3 is 0 Å². The molecule has 1 heterocycles. The quantitative estimate of drug-likeness (QED) is 0.661. The lowest BCUT2D eigenvalue weighted by atomic mass is 10.2. The maximum Gasteiger partial charge on any atom is 0.273 e. The molecule has 1 aromatic heterocycles. The third-order valence-electron chi connectivity index (χ3n) is 3.21. The van der Waals surface area contributed by atoms with E-state index >= 15 is 0 Å². The molecule has 0 bridgehead atoms. The minimum absolute atomic E-state index is 0.300. The maximum absolute atomic E-state index is 13.3. The maximum atomic E-state index is 13.3. The van der Waals surface area contributed by atoms with Crippen LogP contribution in [0.25, 0.3) is 0 Å². The molecular formula is C16H20ClFN4OS. The number of benzene rings is 1. The molecule has 0 unspecified atom stereocenters. The van der Waals surface area contributed by atoms with Crippen molar-refractivity contribution in [3.05, 3.63) is 46.5 Å². The van der Waals surface area contributed by atoms with E-state index in [0.29, 0.717) is 33.7 Å². The Balaban J connectivity index is 2.14. The third kappa shape index (κ3) is 4.43. The molecule has 0 spiro atoms. The Morgan fingerprint density at radius 2 is 2.08 bits per heavy atom. The van der Waals surface area contributed by atoms with Gasteiger partial charge in [0.05, 0.1) is 10.7 Å². The summed E-state index contributed by atoms with van der Waals surface area (Å²) in [5.74, 6) is -0.672. The van der Waals surface area contributed by atoms with Crippen molar-refractivity contribution in [1.29, 1.82) is 0 Å². The van der Waals surface area contributed by atoms with Crippen LogP contribution >= 0.6 is 23.7 Å².